The van der Waals surface area contributed by atoms with E-state index in [-0.39, 0.29) is 19.2 Å². The highest BCUT2D eigenvalue weighted by atomic mass is 16.5. The molecular weight excluding hydrogens is 384 g/mol. The van der Waals surface area contributed by atoms with Crippen LogP contribution in [0.25, 0.3) is 21.9 Å². The topological polar surface area (TPSA) is 118 Å². The minimum Gasteiger partial charge on any atom is -0.436 e. The molecule has 9 heteroatoms. The number of amides is 3. The van der Waals surface area contributed by atoms with E-state index in [0.717, 1.165) is 27.5 Å². The Morgan fingerprint density at radius 2 is 1.93 bits per heavy atom. The van der Waals surface area contributed by atoms with Gasteiger partial charge in [-0.05, 0) is 29.5 Å². The lowest BCUT2D eigenvalue weighted by molar-refractivity contribution is 0.159. The van der Waals surface area contributed by atoms with E-state index in [1.54, 1.807) is 24.7 Å². The summed E-state index contributed by atoms with van der Waals surface area (Å²) >= 11 is 0. The SMILES string of the molecule is C#CCOC(=O)NCc1ccc(-c2cncnc2)c2cc(NC(=O)NCC)ncc12. The number of benzene rings is 1. The molecule has 0 bridgehead atoms. The van der Waals surface area contributed by atoms with Gasteiger partial charge >= 0.3 is 12.1 Å². The largest absolute Gasteiger partial charge is 0.436 e. The summed E-state index contributed by atoms with van der Waals surface area (Å²) in [5, 5.41) is 9.65. The highest BCUT2D eigenvalue weighted by molar-refractivity contribution is 6.00. The molecule has 0 atom stereocenters. The first-order valence-electron chi connectivity index (χ1n) is 9.18. The van der Waals surface area contributed by atoms with Crippen LogP contribution in [0, 0.1) is 12.3 Å². The van der Waals surface area contributed by atoms with E-state index in [2.05, 4.69) is 36.8 Å². The van der Waals surface area contributed by atoms with E-state index in [0.29, 0.717) is 12.4 Å². The normalized spacial score (nSPS) is 10.1. The maximum absolute atomic E-state index is 11.9. The van der Waals surface area contributed by atoms with Crippen LogP contribution in [0.15, 0.2) is 43.1 Å². The number of rotatable bonds is 6. The number of alkyl carbamates (subject to hydrolysis) is 1. The van der Waals surface area contributed by atoms with Gasteiger partial charge in [-0.3, -0.25) is 5.32 Å². The van der Waals surface area contributed by atoms with Crippen LogP contribution in [0.1, 0.15) is 12.5 Å². The Morgan fingerprint density at radius 1 is 1.13 bits per heavy atom. The van der Waals surface area contributed by atoms with Crippen molar-refractivity contribution in [3.05, 3.63) is 48.7 Å². The molecule has 3 amide bonds. The number of aromatic nitrogens is 3. The fraction of sp³-hybridized carbons (Fsp3) is 0.190. The van der Waals surface area contributed by atoms with Crippen molar-refractivity contribution in [2.24, 2.45) is 0 Å². The average Bonchev–Trinajstić information content (AvgIpc) is 2.76. The zero-order valence-electron chi connectivity index (χ0n) is 16.3. The van der Waals surface area contributed by atoms with Gasteiger partial charge in [-0.1, -0.05) is 18.1 Å². The van der Waals surface area contributed by atoms with Gasteiger partial charge in [-0.25, -0.2) is 24.5 Å². The number of hydrogen-bond acceptors (Lipinski definition) is 6. The predicted molar refractivity (Wildman–Crippen MR) is 112 cm³/mol. The fourth-order valence-corrected chi connectivity index (χ4v) is 2.86. The number of nitrogens with zero attached hydrogens (tertiary/aromatic N) is 3. The Morgan fingerprint density at radius 3 is 2.67 bits per heavy atom. The summed E-state index contributed by atoms with van der Waals surface area (Å²) in [4.78, 5) is 36.1. The first-order valence-corrected chi connectivity index (χ1v) is 9.18. The van der Waals surface area contributed by atoms with Crippen LogP contribution in [0.2, 0.25) is 0 Å². The molecular formula is C21H20N6O3. The van der Waals surface area contributed by atoms with Crippen LogP contribution in [0.5, 0.6) is 0 Å². The molecule has 2 heterocycles. The molecule has 0 saturated heterocycles. The van der Waals surface area contributed by atoms with Gasteiger partial charge in [0.25, 0.3) is 0 Å². The third-order valence-corrected chi connectivity index (χ3v) is 4.15. The van der Waals surface area contributed by atoms with Gasteiger partial charge in [0, 0.05) is 42.6 Å². The van der Waals surface area contributed by atoms with E-state index < -0.39 is 6.09 Å². The molecule has 1 aromatic carbocycles. The molecule has 0 aliphatic heterocycles. The number of anilines is 1. The van der Waals surface area contributed by atoms with E-state index in [4.69, 9.17) is 11.2 Å². The van der Waals surface area contributed by atoms with Crippen molar-refractivity contribution in [2.45, 2.75) is 13.5 Å². The number of urea groups is 1. The minimum absolute atomic E-state index is 0.101. The molecule has 0 saturated carbocycles. The zero-order chi connectivity index (χ0) is 21.3. The molecule has 0 aliphatic rings. The summed E-state index contributed by atoms with van der Waals surface area (Å²) in [7, 11) is 0. The third kappa shape index (κ3) is 4.99. The first kappa shape index (κ1) is 20.5. The van der Waals surface area contributed by atoms with Gasteiger partial charge in [-0.2, -0.15) is 0 Å². The van der Waals surface area contributed by atoms with Crippen molar-refractivity contribution in [3.63, 3.8) is 0 Å². The number of nitrogens with one attached hydrogen (secondary N) is 3. The molecule has 0 aliphatic carbocycles. The lowest BCUT2D eigenvalue weighted by Crippen LogP contribution is -2.28. The summed E-state index contributed by atoms with van der Waals surface area (Å²) in [5.74, 6) is 2.63. The van der Waals surface area contributed by atoms with Crippen LogP contribution in [-0.4, -0.2) is 40.2 Å². The summed E-state index contributed by atoms with van der Waals surface area (Å²) in [5.41, 5.74) is 2.50. The Balaban J connectivity index is 1.98. The van der Waals surface area contributed by atoms with Crippen LogP contribution in [0.4, 0.5) is 15.4 Å². The van der Waals surface area contributed by atoms with Gasteiger partial charge in [0.2, 0.25) is 0 Å². The number of ether oxygens (including phenoxy) is 1. The monoisotopic (exact) mass is 404 g/mol. The second-order valence-electron chi connectivity index (χ2n) is 6.13. The highest BCUT2D eigenvalue weighted by Crippen LogP contribution is 2.31. The van der Waals surface area contributed by atoms with E-state index in [1.807, 2.05) is 19.1 Å². The van der Waals surface area contributed by atoms with Crippen molar-refractivity contribution in [1.29, 1.82) is 0 Å². The van der Waals surface area contributed by atoms with Crippen LogP contribution in [-0.2, 0) is 11.3 Å². The molecule has 0 radical (unpaired) electrons. The number of pyridine rings is 1. The van der Waals surface area contributed by atoms with E-state index in [9.17, 15) is 9.59 Å². The lowest BCUT2D eigenvalue weighted by Gasteiger charge is -2.13. The quantitative estimate of drug-likeness (QED) is 0.544. The molecule has 30 heavy (non-hydrogen) atoms. The maximum Gasteiger partial charge on any atom is 0.408 e. The van der Waals surface area contributed by atoms with Crippen molar-refractivity contribution < 1.29 is 14.3 Å². The van der Waals surface area contributed by atoms with Crippen molar-refractivity contribution in [2.75, 3.05) is 18.5 Å². The number of carbonyl (C=O) groups is 2. The van der Waals surface area contributed by atoms with Gasteiger partial charge < -0.3 is 15.4 Å². The number of hydrogen-bond donors (Lipinski definition) is 3. The molecule has 3 N–H and O–H groups in total. The van der Waals surface area contributed by atoms with Gasteiger partial charge in [0.1, 0.15) is 12.1 Å². The van der Waals surface area contributed by atoms with Crippen molar-refractivity contribution in [1.82, 2.24) is 25.6 Å². The molecule has 0 spiro atoms. The summed E-state index contributed by atoms with van der Waals surface area (Å²) in [6.45, 7) is 2.44. The van der Waals surface area contributed by atoms with E-state index in [1.165, 1.54) is 6.33 Å². The van der Waals surface area contributed by atoms with Crippen LogP contribution < -0.4 is 16.0 Å². The third-order valence-electron chi connectivity index (χ3n) is 4.15. The van der Waals surface area contributed by atoms with Crippen LogP contribution in [0.3, 0.4) is 0 Å². The number of fused-ring (bicyclic) bond motifs is 1. The van der Waals surface area contributed by atoms with Gasteiger partial charge in [0.05, 0.1) is 0 Å². The molecule has 0 unspecified atom stereocenters. The molecule has 152 valence electrons. The Hall–Kier alpha value is -4.19. The molecule has 3 aromatic rings. The Kier molecular flexibility index (Phi) is 6.74. The Labute approximate surface area is 173 Å². The number of carbonyl (C=O) groups excluding carboxylic acids is 2. The van der Waals surface area contributed by atoms with Gasteiger partial charge in [-0.15, -0.1) is 6.42 Å². The molecule has 9 nitrogen and oxygen atoms in total. The second kappa shape index (κ2) is 9.84. The summed E-state index contributed by atoms with van der Waals surface area (Å²) in [6, 6.07) is 5.21. The highest BCUT2D eigenvalue weighted by Gasteiger charge is 2.12. The summed E-state index contributed by atoms with van der Waals surface area (Å²) < 4.78 is 4.83. The summed E-state index contributed by atoms with van der Waals surface area (Å²) in [6.07, 6.45) is 11.0. The van der Waals surface area contributed by atoms with Crippen molar-refractivity contribution >= 4 is 28.7 Å². The maximum atomic E-state index is 11.9. The van der Waals surface area contributed by atoms with E-state index >= 15 is 0 Å². The fourth-order valence-electron chi connectivity index (χ4n) is 2.86. The van der Waals surface area contributed by atoms with Crippen molar-refractivity contribution in [3.8, 4) is 23.5 Å². The predicted octanol–water partition coefficient (Wildman–Crippen LogP) is 2.69. The molecule has 0 fully saturated rings. The van der Waals surface area contributed by atoms with Crippen LogP contribution >= 0.6 is 0 Å². The second-order valence-corrected chi connectivity index (χ2v) is 6.13. The van der Waals surface area contributed by atoms with Gasteiger partial charge in [0.15, 0.2) is 6.61 Å². The molecule has 2 aromatic heterocycles. The smallest absolute Gasteiger partial charge is 0.408 e. The lowest BCUT2D eigenvalue weighted by atomic mass is 9.97. The zero-order valence-corrected chi connectivity index (χ0v) is 16.3. The standard InChI is InChI=1S/C21H20N6O3/c1-3-7-30-21(29)26-11-14-5-6-16(15-9-22-13-23-10-15)17-8-19(25-12-18(14)17)27-20(28)24-4-2/h1,5-6,8-10,12-13H,4,7,11H2,2H3,(H,26,29)(H2,24,25,27,28). The average molecular weight is 404 g/mol. The minimum atomic E-state index is -0.607. The number of terminal acetylenes is 1. The molecule has 3 rings (SSSR count). The first-order chi connectivity index (χ1) is 14.6. The Bertz CT molecular complexity index is 1100.